The predicted octanol–water partition coefficient (Wildman–Crippen LogP) is 1.56. The summed E-state index contributed by atoms with van der Waals surface area (Å²) in [5.41, 5.74) is 1.54. The number of hydrogen-bond acceptors (Lipinski definition) is 12. The van der Waals surface area contributed by atoms with Crippen LogP contribution in [0.3, 0.4) is 0 Å². The summed E-state index contributed by atoms with van der Waals surface area (Å²) < 4.78 is 36.7. The van der Waals surface area contributed by atoms with E-state index in [0.29, 0.717) is 17.0 Å². The molecule has 1 aliphatic carbocycles. The maximum atomic E-state index is 15.0. The van der Waals surface area contributed by atoms with Crippen LogP contribution in [-0.4, -0.2) is 105 Å². The minimum atomic E-state index is -1.97. The van der Waals surface area contributed by atoms with Gasteiger partial charge >= 0.3 is 0 Å². The Balaban J connectivity index is 1.19. The van der Waals surface area contributed by atoms with Crippen LogP contribution in [0.15, 0.2) is 53.2 Å². The van der Waals surface area contributed by atoms with Gasteiger partial charge in [0.15, 0.2) is 17.7 Å². The number of carbonyl (C=O) groups excluding carboxylic acids is 1. The van der Waals surface area contributed by atoms with E-state index < -0.39 is 72.9 Å². The zero-order chi connectivity index (χ0) is 33.1. The second-order valence-electron chi connectivity index (χ2n) is 11.2. The fraction of sp³-hybridized carbons (Fsp3) is 0.484. The molecule has 2 aliphatic heterocycles. The first-order valence-corrected chi connectivity index (χ1v) is 15.0. The Morgan fingerprint density at radius 1 is 1.09 bits per heavy atom. The molecule has 2 aromatic carbocycles. The van der Waals surface area contributed by atoms with Crippen molar-refractivity contribution < 1.29 is 58.5 Å². The van der Waals surface area contributed by atoms with Crippen molar-refractivity contribution >= 4 is 29.3 Å². The minimum Gasteiger partial charge on any atom is -0.504 e. The van der Waals surface area contributed by atoms with Crippen molar-refractivity contribution in [2.24, 2.45) is 5.16 Å². The van der Waals surface area contributed by atoms with Gasteiger partial charge in [-0.15, -0.1) is 0 Å². The first kappa shape index (κ1) is 34.0. The molecule has 3 fully saturated rings. The Kier molecular flexibility index (Phi) is 10.8. The van der Waals surface area contributed by atoms with Gasteiger partial charge in [-0.3, -0.25) is 4.79 Å². The predicted molar refractivity (Wildman–Crippen MR) is 160 cm³/mol. The van der Waals surface area contributed by atoms with Crippen LogP contribution in [0.5, 0.6) is 11.5 Å². The van der Waals surface area contributed by atoms with Crippen molar-refractivity contribution in [3.8, 4) is 11.5 Å². The maximum Gasteiger partial charge on any atom is 0.247 e. The van der Waals surface area contributed by atoms with E-state index in [2.05, 4.69) is 10.5 Å². The Labute approximate surface area is 268 Å². The van der Waals surface area contributed by atoms with E-state index in [1.807, 2.05) is 0 Å². The average molecular weight is 667 g/mol. The molecule has 10 atom stereocenters. The van der Waals surface area contributed by atoms with Crippen LogP contribution in [0.25, 0.3) is 6.08 Å². The molecular weight excluding hydrogens is 631 g/mol. The third kappa shape index (κ3) is 7.29. The molecular formula is C31H36ClFN2O11. The summed E-state index contributed by atoms with van der Waals surface area (Å²) in [4.78, 5) is 18.3. The molecule has 0 aromatic heterocycles. The molecule has 250 valence electrons. The average Bonchev–Trinajstić information content (AvgIpc) is 3.63. The molecule has 0 spiro atoms. The van der Waals surface area contributed by atoms with E-state index in [4.69, 9.17) is 35.4 Å². The molecule has 0 unspecified atom stereocenters. The van der Waals surface area contributed by atoms with E-state index >= 15 is 4.39 Å². The minimum absolute atomic E-state index is 0.0978. The van der Waals surface area contributed by atoms with Gasteiger partial charge in [0.25, 0.3) is 0 Å². The zero-order valence-electron chi connectivity index (χ0n) is 24.9. The fourth-order valence-corrected chi connectivity index (χ4v) is 5.73. The number of amides is 1. The molecule has 6 N–H and O–H groups in total. The normalized spacial score (nSPS) is 33.0. The molecule has 2 heterocycles. The van der Waals surface area contributed by atoms with Crippen LogP contribution in [0.1, 0.15) is 31.4 Å². The monoisotopic (exact) mass is 666 g/mol. The van der Waals surface area contributed by atoms with Gasteiger partial charge in [0, 0.05) is 10.6 Å². The summed E-state index contributed by atoms with van der Waals surface area (Å²) in [5, 5.41) is 59.6. The van der Waals surface area contributed by atoms with Crippen LogP contribution >= 0.6 is 11.6 Å². The standard InChI is InChI=1S/C31H36ClFN2O11/c1-3-18(35-44-12-16-5-4-6-17(32)10-16)27-23(37)21(33)31(46-27)45-20-8-7-15(11-19(20)36)9-14(2)30(41)34-22-24(38)26(40)29-28(25(22)39)42-13-43-29/h4-11,21-29,31,36-40H,3,12-13H2,1-2H3,(H,34,41)/t21-,22+,23-,24-,25+,26+,27+,28-,29+,31+/m0/s1. The number of benzene rings is 2. The summed E-state index contributed by atoms with van der Waals surface area (Å²) in [6.07, 6.45) is -10.7. The largest absolute Gasteiger partial charge is 0.504 e. The van der Waals surface area contributed by atoms with E-state index in [9.17, 15) is 30.3 Å². The van der Waals surface area contributed by atoms with Gasteiger partial charge in [-0.2, -0.15) is 0 Å². The molecule has 3 aliphatic rings. The SMILES string of the molecule is CCC(=NOCc1cccc(Cl)c1)[C@H]1O[C@@H](Oc2ccc(C=C(C)C(=O)N[C@@H]3[C@H](O)[C@@H](O)[C@H]4OCO[C@H]4[C@@H]3O)cc2O)[C@@H](F)[C@@H]1O. The molecule has 46 heavy (non-hydrogen) atoms. The lowest BCUT2D eigenvalue weighted by molar-refractivity contribution is -0.155. The molecule has 15 heteroatoms. The Hall–Kier alpha value is -3.34. The maximum absolute atomic E-state index is 15.0. The lowest BCUT2D eigenvalue weighted by atomic mass is 9.83. The van der Waals surface area contributed by atoms with Crippen LogP contribution in [0.4, 0.5) is 4.39 Å². The molecule has 1 saturated carbocycles. The summed E-state index contributed by atoms with van der Waals surface area (Å²) in [6, 6.07) is 9.87. The Morgan fingerprint density at radius 3 is 2.52 bits per heavy atom. The summed E-state index contributed by atoms with van der Waals surface area (Å²) in [5.74, 6) is -1.18. The molecule has 13 nitrogen and oxygen atoms in total. The number of alkyl halides is 1. The van der Waals surface area contributed by atoms with E-state index in [1.54, 1.807) is 31.2 Å². The first-order chi connectivity index (χ1) is 22.0. The van der Waals surface area contributed by atoms with Crippen LogP contribution < -0.4 is 10.1 Å². The highest BCUT2D eigenvalue weighted by atomic mass is 35.5. The van der Waals surface area contributed by atoms with Gasteiger partial charge < -0.3 is 54.6 Å². The van der Waals surface area contributed by atoms with Crippen molar-refractivity contribution in [1.82, 2.24) is 5.32 Å². The Bertz CT molecular complexity index is 1460. The second-order valence-corrected chi connectivity index (χ2v) is 11.7. The number of fused-ring (bicyclic) bond motifs is 1. The summed E-state index contributed by atoms with van der Waals surface area (Å²) in [6.45, 7) is 3.16. The lowest BCUT2D eigenvalue weighted by Gasteiger charge is -2.41. The number of carbonyl (C=O) groups is 1. The van der Waals surface area contributed by atoms with Crippen LogP contribution in [0, 0.1) is 0 Å². The number of phenolic OH excluding ortho intramolecular Hbond substituents is 1. The summed E-state index contributed by atoms with van der Waals surface area (Å²) in [7, 11) is 0. The molecule has 2 aromatic rings. The third-order valence-corrected chi connectivity index (χ3v) is 8.27. The number of oxime groups is 1. The molecule has 0 bridgehead atoms. The number of aliphatic hydroxyl groups is 4. The quantitative estimate of drug-likeness (QED) is 0.123. The van der Waals surface area contributed by atoms with Gasteiger partial charge in [-0.25, -0.2) is 4.39 Å². The highest BCUT2D eigenvalue weighted by Crippen LogP contribution is 2.34. The second kappa shape index (κ2) is 14.6. The van der Waals surface area contributed by atoms with Crippen molar-refractivity contribution in [2.45, 2.75) is 88.1 Å². The van der Waals surface area contributed by atoms with Gasteiger partial charge in [0.1, 0.15) is 56.1 Å². The number of nitrogens with one attached hydrogen (secondary N) is 1. The van der Waals surface area contributed by atoms with Gasteiger partial charge in [0.05, 0.1) is 11.8 Å². The third-order valence-electron chi connectivity index (χ3n) is 8.04. The molecule has 1 amide bonds. The van der Waals surface area contributed by atoms with Gasteiger partial charge in [-0.05, 0) is 54.8 Å². The number of aliphatic hydroxyl groups excluding tert-OH is 4. The molecule has 2 saturated heterocycles. The van der Waals surface area contributed by atoms with Crippen LogP contribution in [0.2, 0.25) is 5.02 Å². The van der Waals surface area contributed by atoms with Gasteiger partial charge in [-0.1, -0.05) is 41.9 Å². The molecule has 5 rings (SSSR count). The fourth-order valence-electron chi connectivity index (χ4n) is 5.52. The number of ether oxygens (including phenoxy) is 4. The summed E-state index contributed by atoms with van der Waals surface area (Å²) >= 11 is 5.98. The first-order valence-electron chi connectivity index (χ1n) is 14.7. The van der Waals surface area contributed by atoms with E-state index in [-0.39, 0.29) is 30.4 Å². The lowest BCUT2D eigenvalue weighted by Crippen LogP contribution is -2.67. The highest BCUT2D eigenvalue weighted by Gasteiger charge is 2.53. The van der Waals surface area contributed by atoms with Crippen molar-refractivity contribution in [3.05, 3.63) is 64.2 Å². The van der Waals surface area contributed by atoms with Crippen molar-refractivity contribution in [1.29, 1.82) is 0 Å². The zero-order valence-corrected chi connectivity index (χ0v) is 25.7. The number of hydrogen-bond donors (Lipinski definition) is 6. The highest BCUT2D eigenvalue weighted by molar-refractivity contribution is 6.30. The number of halogens is 2. The van der Waals surface area contributed by atoms with E-state index in [1.165, 1.54) is 31.2 Å². The number of nitrogens with zero attached hydrogens (tertiary/aromatic N) is 1. The number of phenols is 1. The smallest absolute Gasteiger partial charge is 0.247 e. The number of aromatic hydroxyl groups is 1. The number of rotatable bonds is 10. The van der Waals surface area contributed by atoms with Crippen LogP contribution in [-0.2, 0) is 30.4 Å². The molecule has 0 radical (unpaired) electrons. The van der Waals surface area contributed by atoms with E-state index in [0.717, 1.165) is 5.56 Å². The van der Waals surface area contributed by atoms with Crippen molar-refractivity contribution in [3.63, 3.8) is 0 Å². The topological polar surface area (TPSA) is 189 Å². The van der Waals surface area contributed by atoms with Crippen molar-refractivity contribution in [2.75, 3.05) is 6.79 Å². The Morgan fingerprint density at radius 2 is 1.83 bits per heavy atom. The van der Waals surface area contributed by atoms with Gasteiger partial charge in [0.2, 0.25) is 12.2 Å².